The van der Waals surface area contributed by atoms with E-state index in [1.165, 1.54) is 0 Å². The number of likely N-dealkylation sites (N-methyl/N-ethyl adjacent to an activating group) is 1. The molecule has 1 aromatic rings. The molecule has 1 aromatic heterocycles. The fourth-order valence-electron chi connectivity index (χ4n) is 5.55. The van der Waals surface area contributed by atoms with E-state index in [9.17, 15) is 13.2 Å². The summed E-state index contributed by atoms with van der Waals surface area (Å²) in [4.78, 5) is 14.9. The van der Waals surface area contributed by atoms with Crippen LogP contribution in [0.25, 0.3) is 0 Å². The highest BCUT2D eigenvalue weighted by Gasteiger charge is 2.49. The summed E-state index contributed by atoms with van der Waals surface area (Å²) in [5, 5.41) is 7.01. The van der Waals surface area contributed by atoms with Crippen molar-refractivity contribution in [2.75, 3.05) is 26.7 Å². The first kappa shape index (κ1) is 21.4. The Morgan fingerprint density at radius 1 is 1.19 bits per heavy atom. The molecule has 4 fully saturated rings. The van der Waals surface area contributed by atoms with Gasteiger partial charge < -0.3 is 14.7 Å². The van der Waals surface area contributed by atoms with Gasteiger partial charge in [-0.3, -0.25) is 4.79 Å². The molecule has 0 spiro atoms. The van der Waals surface area contributed by atoms with Crippen LogP contribution < -0.4 is 5.32 Å². The van der Waals surface area contributed by atoms with E-state index in [0.717, 1.165) is 44.4 Å². The first-order valence-electron chi connectivity index (χ1n) is 11.6. The predicted octanol–water partition coefficient (Wildman–Crippen LogP) is 1.55. The van der Waals surface area contributed by atoms with Gasteiger partial charge in [0, 0.05) is 55.8 Å². The third-order valence-electron chi connectivity index (χ3n) is 7.55. The van der Waals surface area contributed by atoms with E-state index in [0.29, 0.717) is 37.5 Å². The van der Waals surface area contributed by atoms with E-state index in [4.69, 9.17) is 4.52 Å². The standard InChI is InChI=1S/C21H33N5O4S/c1-3-16-13-25(9-8-24(16)2)31(28,29)26-17-6-7-18(26)11-15(10-17)22-21(27)19-12-20(30-23-19)14-4-5-14/h12,14-18H,3-11,13H2,1-2H3,(H,22,27)/t15-,16?,17+,18-. The molecule has 1 saturated carbocycles. The molecule has 0 radical (unpaired) electrons. The number of carbonyl (C=O) groups excluding carboxylic acids is 1. The summed E-state index contributed by atoms with van der Waals surface area (Å²) in [5.74, 6) is 0.991. The predicted molar refractivity (Wildman–Crippen MR) is 115 cm³/mol. The second kappa shape index (κ2) is 8.13. The molecule has 1 N–H and O–H groups in total. The number of hydrogen-bond donors (Lipinski definition) is 1. The molecule has 4 atom stereocenters. The maximum absolute atomic E-state index is 13.5. The summed E-state index contributed by atoms with van der Waals surface area (Å²) in [6.45, 7) is 3.97. The van der Waals surface area contributed by atoms with Crippen molar-refractivity contribution in [3.8, 4) is 0 Å². The number of aromatic nitrogens is 1. The highest BCUT2D eigenvalue weighted by molar-refractivity contribution is 7.86. The number of piperazine rings is 1. The molecule has 5 rings (SSSR count). The van der Waals surface area contributed by atoms with Crippen LogP contribution in [0.2, 0.25) is 0 Å². The minimum absolute atomic E-state index is 0.0339. The normalized spacial score (nSPS) is 33.0. The van der Waals surface area contributed by atoms with Crippen LogP contribution in [0.3, 0.4) is 0 Å². The minimum atomic E-state index is -3.49. The van der Waals surface area contributed by atoms with Gasteiger partial charge in [-0.2, -0.15) is 17.0 Å². The van der Waals surface area contributed by atoms with Gasteiger partial charge in [0.1, 0.15) is 5.76 Å². The highest BCUT2D eigenvalue weighted by atomic mass is 32.2. The van der Waals surface area contributed by atoms with Gasteiger partial charge in [0.2, 0.25) is 0 Å². The second-order valence-corrected chi connectivity index (χ2v) is 11.5. The number of hydrogen-bond acceptors (Lipinski definition) is 6. The average molecular weight is 452 g/mol. The maximum atomic E-state index is 13.5. The zero-order valence-electron chi connectivity index (χ0n) is 18.4. The number of nitrogens with one attached hydrogen (secondary N) is 1. The van der Waals surface area contributed by atoms with Crippen molar-refractivity contribution in [1.82, 2.24) is 24.0 Å². The van der Waals surface area contributed by atoms with Crippen molar-refractivity contribution in [2.45, 2.75) is 82.0 Å². The van der Waals surface area contributed by atoms with E-state index in [1.54, 1.807) is 14.7 Å². The molecular formula is C21H33N5O4S. The smallest absolute Gasteiger partial charge is 0.282 e. The van der Waals surface area contributed by atoms with E-state index < -0.39 is 10.2 Å². The van der Waals surface area contributed by atoms with Crippen LogP contribution in [0.1, 0.15) is 74.0 Å². The quantitative estimate of drug-likeness (QED) is 0.705. The van der Waals surface area contributed by atoms with Crippen molar-refractivity contribution >= 4 is 16.1 Å². The van der Waals surface area contributed by atoms with Crippen LogP contribution in [0.15, 0.2) is 10.6 Å². The molecule has 2 bridgehead atoms. The number of amides is 1. The average Bonchev–Trinajstić information content (AvgIpc) is 3.40. The molecule has 3 aliphatic heterocycles. The third kappa shape index (κ3) is 4.03. The van der Waals surface area contributed by atoms with Crippen LogP contribution in [-0.4, -0.2) is 83.8 Å². The van der Waals surface area contributed by atoms with Crippen LogP contribution in [-0.2, 0) is 10.2 Å². The Labute approximate surface area is 184 Å². The number of piperidine rings is 1. The largest absolute Gasteiger partial charge is 0.360 e. The Hall–Kier alpha value is -1.49. The summed E-state index contributed by atoms with van der Waals surface area (Å²) in [6.07, 6.45) is 6.15. The van der Waals surface area contributed by atoms with Crippen LogP contribution >= 0.6 is 0 Å². The number of nitrogens with zero attached hydrogens (tertiary/aromatic N) is 4. The number of rotatable bonds is 6. The molecular weight excluding hydrogens is 418 g/mol. The van der Waals surface area contributed by atoms with Crippen molar-refractivity contribution in [3.63, 3.8) is 0 Å². The lowest BCUT2D eigenvalue weighted by molar-refractivity contribution is 0.0893. The molecule has 31 heavy (non-hydrogen) atoms. The minimum Gasteiger partial charge on any atom is -0.360 e. The molecule has 4 heterocycles. The van der Waals surface area contributed by atoms with Gasteiger partial charge in [-0.15, -0.1) is 0 Å². The third-order valence-corrected chi connectivity index (χ3v) is 9.66. The molecule has 1 aliphatic carbocycles. The molecule has 3 saturated heterocycles. The molecule has 1 amide bonds. The summed E-state index contributed by atoms with van der Waals surface area (Å²) in [6, 6.07) is 1.88. The Kier molecular flexibility index (Phi) is 5.60. The Bertz CT molecular complexity index is 916. The fourth-order valence-corrected chi connectivity index (χ4v) is 7.62. The summed E-state index contributed by atoms with van der Waals surface area (Å²) in [5.41, 5.74) is 0.326. The van der Waals surface area contributed by atoms with Gasteiger partial charge in [-0.25, -0.2) is 0 Å². The lowest BCUT2D eigenvalue weighted by atomic mass is 9.99. The van der Waals surface area contributed by atoms with Crippen LogP contribution in [0, 0.1) is 0 Å². The van der Waals surface area contributed by atoms with Gasteiger partial charge >= 0.3 is 0 Å². The van der Waals surface area contributed by atoms with Crippen LogP contribution in [0.4, 0.5) is 0 Å². The summed E-state index contributed by atoms with van der Waals surface area (Å²) >= 11 is 0. The van der Waals surface area contributed by atoms with Crippen molar-refractivity contribution in [3.05, 3.63) is 17.5 Å². The van der Waals surface area contributed by atoms with Gasteiger partial charge in [0.15, 0.2) is 5.69 Å². The van der Waals surface area contributed by atoms with Gasteiger partial charge in [-0.1, -0.05) is 12.1 Å². The van der Waals surface area contributed by atoms with Crippen LogP contribution in [0.5, 0.6) is 0 Å². The first-order valence-corrected chi connectivity index (χ1v) is 13.0. The number of fused-ring (bicyclic) bond motifs is 2. The molecule has 4 aliphatic rings. The monoisotopic (exact) mass is 451 g/mol. The molecule has 172 valence electrons. The molecule has 9 nitrogen and oxygen atoms in total. The topological polar surface area (TPSA) is 99.0 Å². The highest BCUT2D eigenvalue weighted by Crippen LogP contribution is 2.41. The lowest BCUT2D eigenvalue weighted by Crippen LogP contribution is -2.60. The molecule has 1 unspecified atom stereocenters. The van der Waals surface area contributed by atoms with E-state index in [1.807, 2.05) is 0 Å². The van der Waals surface area contributed by atoms with E-state index >= 15 is 0 Å². The second-order valence-electron chi connectivity index (χ2n) is 9.65. The van der Waals surface area contributed by atoms with Crippen molar-refractivity contribution in [2.24, 2.45) is 0 Å². The Balaban J connectivity index is 1.23. The summed E-state index contributed by atoms with van der Waals surface area (Å²) < 4.78 is 35.8. The van der Waals surface area contributed by atoms with Crippen molar-refractivity contribution in [1.29, 1.82) is 0 Å². The zero-order chi connectivity index (χ0) is 21.8. The fraction of sp³-hybridized carbons (Fsp3) is 0.810. The van der Waals surface area contributed by atoms with Gasteiger partial charge in [-0.05, 0) is 52.0 Å². The van der Waals surface area contributed by atoms with Crippen molar-refractivity contribution < 1.29 is 17.7 Å². The zero-order valence-corrected chi connectivity index (χ0v) is 19.2. The molecule has 10 heteroatoms. The van der Waals surface area contributed by atoms with Gasteiger partial charge in [0.05, 0.1) is 0 Å². The Morgan fingerprint density at radius 2 is 1.90 bits per heavy atom. The first-order chi connectivity index (χ1) is 14.9. The number of carbonyl (C=O) groups is 1. The maximum Gasteiger partial charge on any atom is 0.282 e. The summed E-state index contributed by atoms with van der Waals surface area (Å²) in [7, 11) is -1.42. The lowest BCUT2D eigenvalue weighted by Gasteiger charge is -2.44. The van der Waals surface area contributed by atoms with Gasteiger partial charge in [0.25, 0.3) is 16.1 Å². The SMILES string of the molecule is CCC1CN(S(=O)(=O)N2[C@@H]3CC[C@H]2C[C@@H](NC(=O)c2cc(C4CC4)on2)C3)CCN1C. The van der Waals surface area contributed by atoms with E-state index in [2.05, 4.69) is 29.3 Å². The Morgan fingerprint density at radius 3 is 2.55 bits per heavy atom. The van der Waals surface area contributed by atoms with E-state index in [-0.39, 0.29) is 30.1 Å². The molecule has 0 aromatic carbocycles.